The molecule has 13 heteroatoms. The lowest BCUT2D eigenvalue weighted by atomic mass is 10.2. The van der Waals surface area contributed by atoms with Crippen molar-refractivity contribution in [1.29, 1.82) is 5.53 Å². The van der Waals surface area contributed by atoms with Crippen LogP contribution in [0.25, 0.3) is 0 Å². The predicted octanol–water partition coefficient (Wildman–Crippen LogP) is 2.75. The molecule has 0 atom stereocenters. The molecule has 0 aliphatic heterocycles. The third-order valence-corrected chi connectivity index (χ3v) is 9.31. The van der Waals surface area contributed by atoms with Gasteiger partial charge in [0.05, 0.1) is 32.2 Å². The Kier molecular flexibility index (Phi) is 16.1. The van der Waals surface area contributed by atoms with Crippen molar-refractivity contribution in [3.8, 4) is 0 Å². The minimum absolute atomic E-state index is 0. The molecule has 0 unspecified atom stereocenters. The van der Waals surface area contributed by atoms with Gasteiger partial charge < -0.3 is 36.6 Å². The highest BCUT2D eigenvalue weighted by Crippen LogP contribution is 2.22. The van der Waals surface area contributed by atoms with Gasteiger partial charge in [0.1, 0.15) is 5.69 Å². The molecule has 1 aromatic heterocycles. The van der Waals surface area contributed by atoms with Gasteiger partial charge in [-0.1, -0.05) is 26.7 Å². The SMILES string of the molecule is CN(CCSSCCN(C)CCN(C)c1ccc(N=Nc2n(C)cc[n+]2C)cc1)CCN(C)c1ccc(N=N)cc1.[Br-]. The van der Waals surface area contributed by atoms with E-state index in [4.69, 9.17) is 5.53 Å². The number of nitrogens with one attached hydrogen (secondary N) is 1. The number of likely N-dealkylation sites (N-methyl/N-ethyl adjacent to an activating group) is 4. The van der Waals surface area contributed by atoms with Gasteiger partial charge in [-0.15, -0.1) is 0 Å². The summed E-state index contributed by atoms with van der Waals surface area (Å²) >= 11 is 0. The average molecular weight is 678 g/mol. The van der Waals surface area contributed by atoms with Crippen molar-refractivity contribution in [2.75, 3.05) is 88.8 Å². The Balaban J connectivity index is 0.00000616. The van der Waals surface area contributed by atoms with Crippen LogP contribution in [0.1, 0.15) is 0 Å². The lowest BCUT2D eigenvalue weighted by molar-refractivity contribution is -0.657. The lowest BCUT2D eigenvalue weighted by Crippen LogP contribution is -3.00. The van der Waals surface area contributed by atoms with Gasteiger partial charge in [0.25, 0.3) is 0 Å². The Hall–Kier alpha value is -2.45. The fourth-order valence-electron chi connectivity index (χ4n) is 4.01. The normalized spacial score (nSPS) is 11.3. The van der Waals surface area contributed by atoms with Crippen LogP contribution in [0.2, 0.25) is 0 Å². The summed E-state index contributed by atoms with van der Waals surface area (Å²) in [5.41, 5.74) is 10.9. The molecule has 0 amide bonds. The van der Waals surface area contributed by atoms with Crippen LogP contribution in [0.15, 0.2) is 76.3 Å². The van der Waals surface area contributed by atoms with Gasteiger partial charge >= 0.3 is 5.95 Å². The van der Waals surface area contributed by atoms with E-state index in [0.717, 1.165) is 68.1 Å². The van der Waals surface area contributed by atoms with Gasteiger partial charge in [0.15, 0.2) is 0 Å². The van der Waals surface area contributed by atoms with Crippen molar-refractivity contribution in [1.82, 2.24) is 14.4 Å². The van der Waals surface area contributed by atoms with Crippen LogP contribution in [0.5, 0.6) is 0 Å². The quantitative estimate of drug-likeness (QED) is 0.0966. The van der Waals surface area contributed by atoms with Crippen molar-refractivity contribution in [3.63, 3.8) is 0 Å². The van der Waals surface area contributed by atoms with Crippen LogP contribution in [0.3, 0.4) is 0 Å². The smallest absolute Gasteiger partial charge is 0.421 e. The van der Waals surface area contributed by atoms with Crippen LogP contribution < -0.4 is 31.3 Å². The third-order valence-electron chi connectivity index (χ3n) is 6.94. The molecule has 0 spiro atoms. The monoisotopic (exact) mass is 676 g/mol. The van der Waals surface area contributed by atoms with E-state index >= 15 is 0 Å². The first kappa shape index (κ1) is 35.7. The Morgan fingerprint density at radius 2 is 1.19 bits per heavy atom. The largest absolute Gasteiger partial charge is 1.00 e. The second-order valence-corrected chi connectivity index (χ2v) is 13.0. The molecule has 1 heterocycles. The summed E-state index contributed by atoms with van der Waals surface area (Å²) in [5, 5.41) is 12.2. The molecule has 0 radical (unpaired) electrons. The molecule has 230 valence electrons. The van der Waals surface area contributed by atoms with E-state index in [1.807, 2.05) is 93.6 Å². The number of benzene rings is 2. The Labute approximate surface area is 269 Å². The molecule has 3 rings (SSSR count). The van der Waals surface area contributed by atoms with Crippen LogP contribution in [0, 0.1) is 5.53 Å². The molecule has 3 aromatic rings. The summed E-state index contributed by atoms with van der Waals surface area (Å²) in [7, 11) is 16.5. The van der Waals surface area contributed by atoms with Gasteiger partial charge in [-0.3, -0.25) is 0 Å². The summed E-state index contributed by atoms with van der Waals surface area (Å²) in [5.74, 6) is 3.05. The number of aromatic nitrogens is 2. The summed E-state index contributed by atoms with van der Waals surface area (Å²) in [6.07, 6.45) is 3.93. The molecule has 0 fully saturated rings. The van der Waals surface area contributed by atoms with E-state index in [9.17, 15) is 0 Å². The van der Waals surface area contributed by atoms with E-state index < -0.39 is 0 Å². The van der Waals surface area contributed by atoms with Crippen molar-refractivity contribution >= 4 is 50.3 Å². The highest BCUT2D eigenvalue weighted by atomic mass is 79.9. The number of hydrogen-bond acceptors (Lipinski definition) is 10. The lowest BCUT2D eigenvalue weighted by Gasteiger charge is -2.24. The average Bonchev–Trinajstić information content (AvgIpc) is 3.31. The zero-order valence-corrected chi connectivity index (χ0v) is 28.9. The first-order chi connectivity index (χ1) is 19.8. The number of anilines is 2. The van der Waals surface area contributed by atoms with Gasteiger partial charge in [0, 0.05) is 81.4 Å². The van der Waals surface area contributed by atoms with E-state index in [-0.39, 0.29) is 17.0 Å². The molecule has 10 nitrogen and oxygen atoms in total. The van der Waals surface area contributed by atoms with Crippen molar-refractivity contribution in [2.45, 2.75) is 0 Å². The molecule has 2 aromatic carbocycles. The van der Waals surface area contributed by atoms with E-state index in [1.54, 1.807) is 0 Å². The van der Waals surface area contributed by atoms with Crippen molar-refractivity contribution < 1.29 is 21.5 Å². The standard InChI is InChI=1S/C29H45N10S2.BrH/c1-34(15-17-36(3)27-11-7-25(31-30)8-12-27)21-23-40-41-24-22-35(2)16-18-37(4)28-13-9-26(10-14-28)32-33-29-38(5)19-20-39(29)6;/h7-14,19-20,30H,15-18,21-24H2,1-6H3;1H/q+1;/p-1. The van der Waals surface area contributed by atoms with E-state index in [2.05, 4.69) is 75.3 Å². The summed E-state index contributed by atoms with van der Waals surface area (Å²) < 4.78 is 3.89. The van der Waals surface area contributed by atoms with Crippen LogP contribution >= 0.6 is 21.6 Å². The Morgan fingerprint density at radius 3 is 1.62 bits per heavy atom. The summed E-state index contributed by atoms with van der Waals surface area (Å²) in [4.78, 5) is 9.32. The van der Waals surface area contributed by atoms with E-state index in [1.165, 1.54) is 5.69 Å². The number of nitrogens with zero attached hydrogens (tertiary/aromatic N) is 9. The summed E-state index contributed by atoms with van der Waals surface area (Å²) in [6.45, 7) is 6.12. The minimum atomic E-state index is 0. The number of rotatable bonds is 18. The highest BCUT2D eigenvalue weighted by Gasteiger charge is 2.11. The molecule has 0 saturated carbocycles. The topological polar surface area (TPSA) is 82.7 Å². The Bertz CT molecular complexity index is 1200. The molecule has 1 N–H and O–H groups in total. The number of aryl methyl sites for hydroxylation is 2. The molecular weight excluding hydrogens is 632 g/mol. The highest BCUT2D eigenvalue weighted by molar-refractivity contribution is 8.76. The molecule has 0 aliphatic carbocycles. The van der Waals surface area contributed by atoms with Crippen LogP contribution in [-0.2, 0) is 14.1 Å². The zero-order chi connectivity index (χ0) is 29.6. The minimum Gasteiger partial charge on any atom is -1.00 e. The number of halogens is 1. The van der Waals surface area contributed by atoms with Crippen LogP contribution in [-0.4, -0.2) is 93.3 Å². The van der Waals surface area contributed by atoms with Gasteiger partial charge in [0.2, 0.25) is 0 Å². The fraction of sp³-hybridized carbons (Fsp3) is 0.483. The van der Waals surface area contributed by atoms with Crippen molar-refractivity contribution in [3.05, 3.63) is 60.9 Å². The second kappa shape index (κ2) is 19.0. The molecule has 0 bridgehead atoms. The molecule has 42 heavy (non-hydrogen) atoms. The number of imidazole rings is 1. The number of azo groups is 1. The van der Waals surface area contributed by atoms with E-state index in [0.29, 0.717) is 5.69 Å². The number of hydrogen-bond donors (Lipinski definition) is 1. The maximum Gasteiger partial charge on any atom is 0.421 e. The Morgan fingerprint density at radius 1 is 0.714 bits per heavy atom. The van der Waals surface area contributed by atoms with Crippen molar-refractivity contribution in [2.24, 2.45) is 29.4 Å². The summed E-state index contributed by atoms with van der Waals surface area (Å²) in [6, 6.07) is 16.0. The van der Waals surface area contributed by atoms with Crippen LogP contribution in [0.4, 0.5) is 28.7 Å². The molecule has 0 saturated heterocycles. The first-order valence-corrected chi connectivity index (χ1v) is 16.3. The maximum atomic E-state index is 7.08. The maximum absolute atomic E-state index is 7.08. The first-order valence-electron chi connectivity index (χ1n) is 13.8. The van der Waals surface area contributed by atoms with Gasteiger partial charge in [-0.05, 0) is 62.6 Å². The predicted molar refractivity (Wildman–Crippen MR) is 175 cm³/mol. The second-order valence-electron chi connectivity index (χ2n) is 10.3. The third kappa shape index (κ3) is 12.0. The zero-order valence-electron chi connectivity index (χ0n) is 25.6. The molecular formula is C29H45BrN10S2. The fourth-order valence-corrected chi connectivity index (χ4v) is 6.17. The molecule has 0 aliphatic rings. The van der Waals surface area contributed by atoms with Gasteiger partial charge in [-0.25, -0.2) is 14.7 Å². The van der Waals surface area contributed by atoms with Gasteiger partial charge in [-0.2, -0.15) is 5.11 Å².